The van der Waals surface area contributed by atoms with Crippen molar-refractivity contribution >= 4 is 40.6 Å². The van der Waals surface area contributed by atoms with Crippen molar-refractivity contribution in [2.75, 3.05) is 5.32 Å². The average molecular weight is 495 g/mol. The maximum absolute atomic E-state index is 12.9. The zero-order valence-electron chi connectivity index (χ0n) is 18.2. The fourth-order valence-corrected chi connectivity index (χ4v) is 4.26. The molecule has 1 atom stereocenters. The van der Waals surface area contributed by atoms with Crippen LogP contribution in [-0.2, 0) is 4.79 Å². The number of halogens is 1. The zero-order chi connectivity index (χ0) is 24.2. The van der Waals surface area contributed by atoms with E-state index < -0.39 is 10.2 Å². The van der Waals surface area contributed by atoms with Gasteiger partial charge in [0.2, 0.25) is 5.91 Å². The molecule has 0 aliphatic rings. The van der Waals surface area contributed by atoms with Gasteiger partial charge in [0, 0.05) is 30.1 Å². The van der Waals surface area contributed by atoms with Crippen LogP contribution in [0.4, 0.5) is 11.4 Å². The molecule has 0 spiro atoms. The lowest BCUT2D eigenvalue weighted by molar-refractivity contribution is -0.384. The second kappa shape index (κ2) is 10.0. The summed E-state index contributed by atoms with van der Waals surface area (Å²) < 4.78 is 1.90. The number of non-ortho nitro benzene ring substituents is 1. The number of carbonyl (C=O) groups excluding carboxylic acids is 1. The number of benzene rings is 2. The number of hydrogen-bond acceptors (Lipinski definition) is 7. The number of carbonyl (C=O) groups is 1. The fraction of sp³-hybridized carbons (Fsp3) is 0.130. The smallest absolute Gasteiger partial charge is 0.271 e. The number of nitro groups is 1. The Hall–Kier alpha value is -3.76. The molecule has 4 rings (SSSR count). The molecule has 34 heavy (non-hydrogen) atoms. The van der Waals surface area contributed by atoms with E-state index in [9.17, 15) is 14.9 Å². The topological polar surface area (TPSA) is 116 Å². The van der Waals surface area contributed by atoms with Gasteiger partial charge < -0.3 is 5.32 Å². The molecule has 0 bridgehead atoms. The Bertz CT molecular complexity index is 1360. The highest BCUT2D eigenvalue weighted by Crippen LogP contribution is 2.32. The van der Waals surface area contributed by atoms with Crippen LogP contribution < -0.4 is 5.32 Å². The van der Waals surface area contributed by atoms with Gasteiger partial charge in [0.15, 0.2) is 11.0 Å². The summed E-state index contributed by atoms with van der Waals surface area (Å²) >= 11 is 7.35. The van der Waals surface area contributed by atoms with E-state index in [4.69, 9.17) is 11.6 Å². The fourth-order valence-electron chi connectivity index (χ4n) is 3.23. The van der Waals surface area contributed by atoms with Crippen molar-refractivity contribution in [3.8, 4) is 17.1 Å². The number of pyridine rings is 1. The molecule has 0 aliphatic carbocycles. The van der Waals surface area contributed by atoms with Crippen LogP contribution >= 0.6 is 23.4 Å². The first kappa shape index (κ1) is 23.4. The number of hydrogen-bond donors (Lipinski definition) is 1. The summed E-state index contributed by atoms with van der Waals surface area (Å²) in [6.07, 6.45) is 3.36. The molecule has 0 radical (unpaired) electrons. The van der Waals surface area contributed by atoms with E-state index >= 15 is 0 Å². The summed E-state index contributed by atoms with van der Waals surface area (Å²) in [5, 5.41) is 22.6. The molecule has 1 amide bonds. The highest BCUT2D eigenvalue weighted by molar-refractivity contribution is 8.00. The van der Waals surface area contributed by atoms with E-state index in [-0.39, 0.29) is 22.3 Å². The summed E-state index contributed by atoms with van der Waals surface area (Å²) in [6, 6.07) is 15.4. The Morgan fingerprint density at radius 1 is 1.15 bits per heavy atom. The molecule has 2 aromatic carbocycles. The van der Waals surface area contributed by atoms with Crippen LogP contribution in [-0.4, -0.2) is 35.8 Å². The van der Waals surface area contributed by atoms with Crippen LogP contribution in [0.1, 0.15) is 12.5 Å². The first-order valence-corrected chi connectivity index (χ1v) is 11.4. The van der Waals surface area contributed by atoms with Crippen molar-refractivity contribution in [2.24, 2.45) is 0 Å². The first-order chi connectivity index (χ1) is 16.3. The molecule has 172 valence electrons. The van der Waals surface area contributed by atoms with Crippen LogP contribution in [0.5, 0.6) is 0 Å². The number of amides is 1. The quantitative estimate of drug-likeness (QED) is 0.210. The lowest BCUT2D eigenvalue weighted by Gasteiger charge is -2.15. The maximum Gasteiger partial charge on any atom is 0.271 e. The Morgan fingerprint density at radius 3 is 2.59 bits per heavy atom. The van der Waals surface area contributed by atoms with Crippen molar-refractivity contribution in [2.45, 2.75) is 24.3 Å². The monoisotopic (exact) mass is 494 g/mol. The molecule has 4 aromatic rings. The van der Waals surface area contributed by atoms with Gasteiger partial charge in [-0.05, 0) is 43.7 Å². The average Bonchev–Trinajstić information content (AvgIpc) is 3.24. The minimum Gasteiger partial charge on any atom is -0.324 e. The molecule has 0 unspecified atom stereocenters. The lowest BCUT2D eigenvalue weighted by Crippen LogP contribution is -2.23. The summed E-state index contributed by atoms with van der Waals surface area (Å²) in [4.78, 5) is 27.5. The van der Waals surface area contributed by atoms with Gasteiger partial charge in [0.05, 0.1) is 26.6 Å². The number of nitrogens with zero attached hydrogens (tertiary/aromatic N) is 5. The SMILES string of the molecule is Cc1ccccc1-n1c(S[C@@H](C)C(=O)Nc2cc([N+](=O)[O-])ccc2Cl)nnc1-c1ccncc1. The van der Waals surface area contributed by atoms with Gasteiger partial charge in [-0.2, -0.15) is 0 Å². The van der Waals surface area contributed by atoms with Gasteiger partial charge in [-0.15, -0.1) is 10.2 Å². The van der Waals surface area contributed by atoms with Gasteiger partial charge >= 0.3 is 0 Å². The summed E-state index contributed by atoms with van der Waals surface area (Å²) in [5.41, 5.74) is 2.74. The Morgan fingerprint density at radius 2 is 1.88 bits per heavy atom. The number of rotatable bonds is 7. The zero-order valence-corrected chi connectivity index (χ0v) is 19.7. The summed E-state index contributed by atoms with van der Waals surface area (Å²) in [7, 11) is 0. The number of anilines is 1. The third-order valence-electron chi connectivity index (χ3n) is 5.00. The highest BCUT2D eigenvalue weighted by atomic mass is 35.5. The van der Waals surface area contributed by atoms with Gasteiger partial charge in [-0.1, -0.05) is 41.6 Å². The minimum atomic E-state index is -0.604. The van der Waals surface area contributed by atoms with Gasteiger partial charge in [-0.3, -0.25) is 24.5 Å². The number of nitro benzene ring substituents is 1. The predicted octanol–water partition coefficient (Wildman–Crippen LogP) is 5.32. The molecule has 0 saturated heterocycles. The van der Waals surface area contributed by atoms with Crippen LogP contribution in [0.15, 0.2) is 72.1 Å². The first-order valence-electron chi connectivity index (χ1n) is 10.2. The van der Waals surface area contributed by atoms with E-state index in [0.717, 1.165) is 16.8 Å². The largest absolute Gasteiger partial charge is 0.324 e. The molecule has 11 heteroatoms. The van der Waals surface area contributed by atoms with Crippen LogP contribution in [0.3, 0.4) is 0 Å². The number of nitrogens with one attached hydrogen (secondary N) is 1. The Labute approximate surface area is 204 Å². The van der Waals surface area contributed by atoms with Crippen LogP contribution in [0.25, 0.3) is 17.1 Å². The van der Waals surface area contributed by atoms with E-state index in [1.54, 1.807) is 19.3 Å². The third-order valence-corrected chi connectivity index (χ3v) is 6.37. The van der Waals surface area contributed by atoms with E-state index in [2.05, 4.69) is 20.5 Å². The molecule has 2 heterocycles. The molecule has 0 fully saturated rings. The summed E-state index contributed by atoms with van der Waals surface area (Å²) in [5.74, 6) is 0.241. The van der Waals surface area contributed by atoms with Crippen molar-refractivity contribution in [1.29, 1.82) is 0 Å². The Balaban J connectivity index is 1.65. The van der Waals surface area contributed by atoms with E-state index in [0.29, 0.717) is 11.0 Å². The molecule has 1 N–H and O–H groups in total. The Kier molecular flexibility index (Phi) is 6.90. The molecular weight excluding hydrogens is 476 g/mol. The molecule has 2 aromatic heterocycles. The maximum atomic E-state index is 12.9. The second-order valence-corrected chi connectivity index (χ2v) is 9.05. The van der Waals surface area contributed by atoms with E-state index in [1.165, 1.54) is 30.0 Å². The molecular formula is C23H19ClN6O3S. The second-order valence-electron chi connectivity index (χ2n) is 7.33. The normalized spacial score (nSPS) is 11.7. The van der Waals surface area contributed by atoms with Gasteiger partial charge in [-0.25, -0.2) is 0 Å². The number of thioether (sulfide) groups is 1. The third kappa shape index (κ3) is 4.92. The van der Waals surface area contributed by atoms with Crippen molar-refractivity contribution in [3.63, 3.8) is 0 Å². The van der Waals surface area contributed by atoms with Crippen molar-refractivity contribution < 1.29 is 9.72 Å². The summed E-state index contributed by atoms with van der Waals surface area (Å²) in [6.45, 7) is 3.70. The highest BCUT2D eigenvalue weighted by Gasteiger charge is 2.23. The van der Waals surface area contributed by atoms with E-state index in [1.807, 2.05) is 47.9 Å². The van der Waals surface area contributed by atoms with Crippen LogP contribution in [0.2, 0.25) is 5.02 Å². The van der Waals surface area contributed by atoms with Crippen molar-refractivity contribution in [3.05, 3.63) is 87.7 Å². The molecule has 9 nitrogen and oxygen atoms in total. The molecule has 0 saturated carbocycles. The van der Waals surface area contributed by atoms with Gasteiger partial charge in [0.25, 0.3) is 5.69 Å². The lowest BCUT2D eigenvalue weighted by atomic mass is 10.2. The van der Waals surface area contributed by atoms with Crippen LogP contribution in [0, 0.1) is 17.0 Å². The minimum absolute atomic E-state index is 0.165. The standard InChI is InChI=1S/C23H19ClN6O3S/c1-14-5-3-4-6-20(14)29-21(16-9-11-25-12-10-16)27-28-23(29)34-15(2)22(31)26-19-13-17(30(32)33)7-8-18(19)24/h3-13,15H,1-2H3,(H,26,31)/t15-/m0/s1. The molecule has 0 aliphatic heterocycles. The van der Waals surface area contributed by atoms with Gasteiger partial charge in [0.1, 0.15) is 0 Å². The number of aryl methyl sites for hydroxylation is 1. The number of para-hydroxylation sites is 1. The predicted molar refractivity (Wildman–Crippen MR) is 131 cm³/mol. The van der Waals surface area contributed by atoms with Crippen molar-refractivity contribution in [1.82, 2.24) is 19.7 Å². The number of aromatic nitrogens is 4.